The van der Waals surface area contributed by atoms with E-state index in [1.165, 1.54) is 11.8 Å². The molecular weight excluding hydrogens is 342 g/mol. The molecule has 7 heteroatoms. The highest BCUT2D eigenvalue weighted by atomic mass is 79.9. The number of nitrogens with two attached hydrogens (primary N) is 1. The molecule has 0 spiro atoms. The quantitative estimate of drug-likeness (QED) is 0.777. The number of carboxylic acids is 1. The smallest absolute Gasteiger partial charge is 0.321 e. The molecule has 1 aromatic heterocycles. The van der Waals surface area contributed by atoms with Crippen LogP contribution < -0.4 is 5.73 Å². The van der Waals surface area contributed by atoms with Crippen molar-refractivity contribution in [2.75, 3.05) is 0 Å². The number of carboxylic acid groups (broad SMARTS) is 1. The lowest BCUT2D eigenvalue weighted by Gasteiger charge is -2.28. The normalized spacial score (nSPS) is 13.5. The molecule has 0 bridgehead atoms. The van der Waals surface area contributed by atoms with Gasteiger partial charge in [0.2, 0.25) is 0 Å². The van der Waals surface area contributed by atoms with Gasteiger partial charge in [-0.3, -0.25) is 9.48 Å². The maximum absolute atomic E-state index is 11.0. The van der Waals surface area contributed by atoms with Crippen molar-refractivity contribution in [1.29, 1.82) is 0 Å². The Bertz CT molecular complexity index is 488. The fourth-order valence-corrected chi connectivity index (χ4v) is 3.77. The van der Waals surface area contributed by atoms with Gasteiger partial charge in [-0.2, -0.15) is 5.10 Å². The van der Waals surface area contributed by atoms with Crippen LogP contribution in [-0.4, -0.2) is 31.6 Å². The maximum atomic E-state index is 11.0. The SMILES string of the molecule is CCc1nn(CC)c(CSC(C)(C)[C@@H](N)C(=O)O)c1Br. The van der Waals surface area contributed by atoms with E-state index in [0.717, 1.165) is 28.8 Å². The van der Waals surface area contributed by atoms with Crippen LogP contribution in [0.25, 0.3) is 0 Å². The van der Waals surface area contributed by atoms with Gasteiger partial charge in [-0.25, -0.2) is 0 Å². The number of aromatic nitrogens is 2. The van der Waals surface area contributed by atoms with Gasteiger partial charge < -0.3 is 10.8 Å². The summed E-state index contributed by atoms with van der Waals surface area (Å²) in [5.41, 5.74) is 7.86. The second kappa shape index (κ2) is 6.95. The molecule has 1 heterocycles. The van der Waals surface area contributed by atoms with Crippen LogP contribution in [-0.2, 0) is 23.5 Å². The molecule has 0 saturated heterocycles. The Kier molecular flexibility index (Phi) is 6.09. The van der Waals surface area contributed by atoms with E-state index in [9.17, 15) is 4.79 Å². The van der Waals surface area contributed by atoms with Crippen LogP contribution in [0.3, 0.4) is 0 Å². The molecule has 0 saturated carbocycles. The summed E-state index contributed by atoms with van der Waals surface area (Å²) in [7, 11) is 0. The fraction of sp³-hybridized carbons (Fsp3) is 0.692. The molecule has 0 aromatic carbocycles. The number of rotatable bonds is 7. The van der Waals surface area contributed by atoms with Crippen LogP contribution in [0, 0.1) is 0 Å². The van der Waals surface area contributed by atoms with E-state index in [4.69, 9.17) is 10.8 Å². The summed E-state index contributed by atoms with van der Waals surface area (Å²) in [4.78, 5) is 11.0. The van der Waals surface area contributed by atoms with Gasteiger partial charge in [-0.1, -0.05) is 6.92 Å². The Labute approximate surface area is 132 Å². The van der Waals surface area contributed by atoms with E-state index < -0.39 is 16.8 Å². The van der Waals surface area contributed by atoms with Gasteiger partial charge in [0.15, 0.2) is 0 Å². The average Bonchev–Trinajstić information content (AvgIpc) is 2.71. The first kappa shape index (κ1) is 17.5. The third-order valence-corrected chi connectivity index (χ3v) is 5.62. The largest absolute Gasteiger partial charge is 0.480 e. The first-order valence-corrected chi connectivity index (χ1v) is 8.38. The minimum Gasteiger partial charge on any atom is -0.480 e. The molecule has 0 radical (unpaired) electrons. The van der Waals surface area contributed by atoms with Gasteiger partial charge in [0.05, 0.1) is 15.9 Å². The minimum absolute atomic E-state index is 0.541. The van der Waals surface area contributed by atoms with Crippen molar-refractivity contribution in [2.45, 2.75) is 57.2 Å². The van der Waals surface area contributed by atoms with Crippen molar-refractivity contribution >= 4 is 33.7 Å². The van der Waals surface area contributed by atoms with Gasteiger partial charge in [0, 0.05) is 17.0 Å². The molecule has 1 aromatic rings. The lowest BCUT2D eigenvalue weighted by molar-refractivity contribution is -0.139. The summed E-state index contributed by atoms with van der Waals surface area (Å²) < 4.78 is 2.44. The lowest BCUT2D eigenvalue weighted by Crippen LogP contribution is -2.46. The number of thioether (sulfide) groups is 1. The van der Waals surface area contributed by atoms with Crippen molar-refractivity contribution in [2.24, 2.45) is 5.73 Å². The third-order valence-electron chi connectivity index (χ3n) is 3.29. The molecule has 1 atom stereocenters. The second-order valence-corrected chi connectivity index (χ2v) is 7.51. The van der Waals surface area contributed by atoms with Crippen LogP contribution >= 0.6 is 27.7 Å². The van der Waals surface area contributed by atoms with Crippen molar-refractivity contribution in [3.8, 4) is 0 Å². The number of hydrogen-bond donors (Lipinski definition) is 2. The van der Waals surface area contributed by atoms with E-state index >= 15 is 0 Å². The van der Waals surface area contributed by atoms with E-state index in [0.29, 0.717) is 5.75 Å². The zero-order chi connectivity index (χ0) is 15.5. The molecule has 3 N–H and O–H groups in total. The molecular formula is C13H22BrN3O2S. The summed E-state index contributed by atoms with van der Waals surface area (Å²) >= 11 is 5.13. The molecule has 0 aliphatic rings. The zero-order valence-electron chi connectivity index (χ0n) is 12.3. The summed E-state index contributed by atoms with van der Waals surface area (Å²) in [6.45, 7) is 8.62. The standard InChI is InChI=1S/C13H22BrN3O2S/c1-5-8-10(14)9(17(6-2)16-8)7-20-13(3,4)11(15)12(18)19/h11H,5-7,15H2,1-4H3,(H,18,19)/t11-/m0/s1. The van der Waals surface area contributed by atoms with Gasteiger partial charge in [0.1, 0.15) is 6.04 Å². The van der Waals surface area contributed by atoms with Crippen LogP contribution in [0.2, 0.25) is 0 Å². The Hall–Kier alpha value is -0.530. The van der Waals surface area contributed by atoms with Gasteiger partial charge in [-0.05, 0) is 43.1 Å². The molecule has 0 amide bonds. The van der Waals surface area contributed by atoms with Crippen molar-refractivity contribution in [1.82, 2.24) is 9.78 Å². The third kappa shape index (κ3) is 3.77. The number of aryl methyl sites for hydroxylation is 2. The molecule has 0 aliphatic heterocycles. The van der Waals surface area contributed by atoms with Crippen LogP contribution in [0.4, 0.5) is 0 Å². The van der Waals surface area contributed by atoms with Crippen LogP contribution in [0.5, 0.6) is 0 Å². The van der Waals surface area contributed by atoms with Gasteiger partial charge in [-0.15, -0.1) is 11.8 Å². The number of hydrogen-bond acceptors (Lipinski definition) is 4. The zero-order valence-corrected chi connectivity index (χ0v) is 14.7. The topological polar surface area (TPSA) is 81.1 Å². The number of carbonyl (C=O) groups is 1. The summed E-state index contributed by atoms with van der Waals surface area (Å²) in [5, 5.41) is 13.6. The number of aliphatic carboxylic acids is 1. The van der Waals surface area contributed by atoms with E-state index in [-0.39, 0.29) is 0 Å². The van der Waals surface area contributed by atoms with Gasteiger partial charge >= 0.3 is 5.97 Å². The van der Waals surface area contributed by atoms with Crippen molar-refractivity contribution in [3.05, 3.63) is 15.9 Å². The van der Waals surface area contributed by atoms with Crippen LogP contribution in [0.15, 0.2) is 4.47 Å². The Morgan fingerprint density at radius 3 is 2.60 bits per heavy atom. The average molecular weight is 364 g/mol. The predicted octanol–water partition coefficient (Wildman–Crippen LogP) is 2.65. The molecule has 0 fully saturated rings. The number of halogens is 1. The summed E-state index contributed by atoms with van der Waals surface area (Å²) in [6, 6.07) is -0.894. The van der Waals surface area contributed by atoms with Crippen LogP contribution in [0.1, 0.15) is 39.1 Å². The van der Waals surface area contributed by atoms with Gasteiger partial charge in [0.25, 0.3) is 0 Å². The van der Waals surface area contributed by atoms with E-state index in [1.807, 2.05) is 25.5 Å². The Morgan fingerprint density at radius 2 is 2.15 bits per heavy atom. The molecule has 1 rings (SSSR count). The highest BCUT2D eigenvalue weighted by Crippen LogP contribution is 2.34. The molecule has 0 unspecified atom stereocenters. The monoisotopic (exact) mass is 363 g/mol. The fourth-order valence-electron chi connectivity index (χ4n) is 1.80. The van der Waals surface area contributed by atoms with Crippen molar-refractivity contribution < 1.29 is 9.90 Å². The van der Waals surface area contributed by atoms with E-state index in [2.05, 4.69) is 28.0 Å². The first-order chi connectivity index (χ1) is 9.24. The highest BCUT2D eigenvalue weighted by Gasteiger charge is 2.33. The molecule has 5 nitrogen and oxygen atoms in total. The van der Waals surface area contributed by atoms with Crippen molar-refractivity contribution in [3.63, 3.8) is 0 Å². The number of nitrogens with zero attached hydrogens (tertiary/aromatic N) is 2. The summed E-state index contributed by atoms with van der Waals surface area (Å²) in [6.07, 6.45) is 0.864. The van der Waals surface area contributed by atoms with E-state index in [1.54, 1.807) is 0 Å². The molecule has 114 valence electrons. The summed E-state index contributed by atoms with van der Waals surface area (Å²) in [5.74, 6) is -0.296. The Balaban J connectivity index is 2.89. The molecule has 20 heavy (non-hydrogen) atoms. The lowest BCUT2D eigenvalue weighted by atomic mass is 10.1. The predicted molar refractivity (Wildman–Crippen MR) is 86.0 cm³/mol. The Morgan fingerprint density at radius 1 is 1.55 bits per heavy atom. The highest BCUT2D eigenvalue weighted by molar-refractivity contribution is 9.10. The minimum atomic E-state index is -0.972. The molecule has 0 aliphatic carbocycles. The second-order valence-electron chi connectivity index (χ2n) is 5.08. The first-order valence-electron chi connectivity index (χ1n) is 6.60. The maximum Gasteiger partial charge on any atom is 0.321 e.